The normalized spacial score (nSPS) is 11.2. The van der Waals surface area contributed by atoms with Crippen molar-refractivity contribution in [2.45, 2.75) is 4.90 Å². The summed E-state index contributed by atoms with van der Waals surface area (Å²) in [5.74, 6) is -0.594. The number of aromatic hydroxyl groups is 1. The fourth-order valence-electron chi connectivity index (χ4n) is 1.09. The molecule has 0 aliphatic rings. The predicted molar refractivity (Wildman–Crippen MR) is 55.4 cm³/mol. The van der Waals surface area contributed by atoms with Gasteiger partial charge in [0.1, 0.15) is 0 Å². The van der Waals surface area contributed by atoms with Crippen molar-refractivity contribution in [3.8, 4) is 5.75 Å². The molecular formula is C9H8N2O4S. The third-order valence-corrected chi connectivity index (χ3v) is 3.19. The molecule has 0 atom stereocenters. The van der Waals surface area contributed by atoms with Crippen LogP contribution in [-0.4, -0.2) is 18.7 Å². The molecule has 1 aromatic carbocycles. The van der Waals surface area contributed by atoms with Crippen molar-refractivity contribution in [3.05, 3.63) is 36.6 Å². The van der Waals surface area contributed by atoms with Crippen LogP contribution in [0.4, 0.5) is 5.82 Å². The Labute approximate surface area is 91.6 Å². The summed E-state index contributed by atoms with van der Waals surface area (Å²) in [6, 6.07) is 7.75. The van der Waals surface area contributed by atoms with Crippen LogP contribution >= 0.6 is 0 Å². The van der Waals surface area contributed by atoms with E-state index in [4.69, 9.17) is 0 Å². The molecule has 0 unspecified atom stereocenters. The highest BCUT2D eigenvalue weighted by atomic mass is 32.2. The molecule has 1 heterocycles. The molecule has 0 fully saturated rings. The maximum atomic E-state index is 11.7. The van der Waals surface area contributed by atoms with Gasteiger partial charge in [0.05, 0.1) is 4.90 Å². The Morgan fingerprint density at radius 2 is 1.94 bits per heavy atom. The van der Waals surface area contributed by atoms with Gasteiger partial charge in [0.25, 0.3) is 10.0 Å². The van der Waals surface area contributed by atoms with E-state index in [2.05, 4.69) is 14.4 Å². The van der Waals surface area contributed by atoms with Crippen molar-refractivity contribution in [1.82, 2.24) is 5.16 Å². The fraction of sp³-hybridized carbons (Fsp3) is 0. The number of benzene rings is 1. The molecule has 0 aliphatic heterocycles. The van der Waals surface area contributed by atoms with Crippen LogP contribution in [0.15, 0.2) is 46.0 Å². The Bertz CT molecular complexity index is 577. The van der Waals surface area contributed by atoms with Gasteiger partial charge in [0.15, 0.2) is 6.26 Å². The molecule has 0 amide bonds. The highest BCUT2D eigenvalue weighted by Gasteiger charge is 2.17. The van der Waals surface area contributed by atoms with Gasteiger partial charge in [-0.1, -0.05) is 23.4 Å². The smallest absolute Gasteiger partial charge is 0.263 e. The Morgan fingerprint density at radius 3 is 2.50 bits per heavy atom. The molecule has 0 spiro atoms. The largest absolute Gasteiger partial charge is 0.502 e. The van der Waals surface area contributed by atoms with Crippen LogP contribution in [0.2, 0.25) is 0 Å². The number of sulfonamides is 1. The van der Waals surface area contributed by atoms with Crippen molar-refractivity contribution >= 4 is 15.8 Å². The molecule has 0 aliphatic carbocycles. The van der Waals surface area contributed by atoms with Gasteiger partial charge >= 0.3 is 0 Å². The first kappa shape index (κ1) is 10.5. The summed E-state index contributed by atoms with van der Waals surface area (Å²) in [5, 5.41) is 12.5. The summed E-state index contributed by atoms with van der Waals surface area (Å²) >= 11 is 0. The molecule has 2 rings (SSSR count). The number of anilines is 1. The summed E-state index contributed by atoms with van der Waals surface area (Å²) < 4.78 is 30.0. The van der Waals surface area contributed by atoms with Gasteiger partial charge in [-0.05, 0) is 12.1 Å². The first-order chi connectivity index (χ1) is 7.59. The summed E-state index contributed by atoms with van der Waals surface area (Å²) in [5.41, 5.74) is 0. The van der Waals surface area contributed by atoms with Gasteiger partial charge in [-0.2, -0.15) is 0 Å². The monoisotopic (exact) mass is 240 g/mol. The van der Waals surface area contributed by atoms with Gasteiger partial charge in [0, 0.05) is 0 Å². The number of hydrogen-bond donors (Lipinski definition) is 2. The van der Waals surface area contributed by atoms with Crippen molar-refractivity contribution < 1.29 is 18.0 Å². The first-order valence-corrected chi connectivity index (χ1v) is 5.79. The van der Waals surface area contributed by atoms with Crippen molar-refractivity contribution in [2.75, 3.05) is 4.72 Å². The van der Waals surface area contributed by atoms with E-state index < -0.39 is 10.0 Å². The number of nitrogens with zero attached hydrogens (tertiary/aromatic N) is 1. The zero-order chi connectivity index (χ0) is 11.6. The van der Waals surface area contributed by atoms with Gasteiger partial charge in [0.2, 0.25) is 11.6 Å². The third-order valence-electron chi connectivity index (χ3n) is 1.84. The minimum atomic E-state index is -3.74. The molecule has 6 nitrogen and oxygen atoms in total. The fourth-order valence-corrected chi connectivity index (χ4v) is 2.12. The maximum Gasteiger partial charge on any atom is 0.263 e. The summed E-state index contributed by atoms with van der Waals surface area (Å²) in [7, 11) is -3.74. The Balaban J connectivity index is 2.32. The number of hydrogen-bond acceptors (Lipinski definition) is 5. The Morgan fingerprint density at radius 1 is 1.25 bits per heavy atom. The number of rotatable bonds is 3. The quantitative estimate of drug-likeness (QED) is 0.840. The summed E-state index contributed by atoms with van der Waals surface area (Å²) in [4.78, 5) is 0.0809. The molecule has 2 N–H and O–H groups in total. The zero-order valence-electron chi connectivity index (χ0n) is 7.99. The first-order valence-electron chi connectivity index (χ1n) is 4.31. The molecule has 0 saturated heterocycles. The van der Waals surface area contributed by atoms with E-state index in [-0.39, 0.29) is 16.5 Å². The van der Waals surface area contributed by atoms with Crippen LogP contribution in [0.5, 0.6) is 5.75 Å². The minimum absolute atomic E-state index is 0.0809. The predicted octanol–water partition coefficient (Wildman–Crippen LogP) is 1.18. The molecule has 0 radical (unpaired) electrons. The van der Waals surface area contributed by atoms with E-state index in [0.29, 0.717) is 0 Å². The number of nitrogens with one attached hydrogen (secondary N) is 1. The van der Waals surface area contributed by atoms with E-state index in [1.165, 1.54) is 12.1 Å². The second-order valence-corrected chi connectivity index (χ2v) is 4.65. The van der Waals surface area contributed by atoms with E-state index >= 15 is 0 Å². The Kier molecular flexibility index (Phi) is 2.53. The molecule has 7 heteroatoms. The van der Waals surface area contributed by atoms with Gasteiger partial charge in [-0.3, -0.25) is 4.72 Å². The van der Waals surface area contributed by atoms with Crippen molar-refractivity contribution in [2.24, 2.45) is 0 Å². The molecule has 0 saturated carbocycles. The van der Waals surface area contributed by atoms with E-state index in [1.807, 2.05) is 0 Å². The lowest BCUT2D eigenvalue weighted by Crippen LogP contribution is -2.13. The number of aromatic nitrogens is 1. The molecule has 2 aromatic rings. The lowest BCUT2D eigenvalue weighted by atomic mass is 10.4. The average molecular weight is 240 g/mol. The molecular weight excluding hydrogens is 232 g/mol. The van der Waals surface area contributed by atoms with E-state index in [1.54, 1.807) is 18.2 Å². The van der Waals surface area contributed by atoms with Crippen LogP contribution in [0.1, 0.15) is 0 Å². The van der Waals surface area contributed by atoms with E-state index in [0.717, 1.165) is 6.26 Å². The highest BCUT2D eigenvalue weighted by molar-refractivity contribution is 7.92. The second-order valence-electron chi connectivity index (χ2n) is 2.97. The van der Waals surface area contributed by atoms with E-state index in [9.17, 15) is 13.5 Å². The summed E-state index contributed by atoms with van der Waals surface area (Å²) in [6.45, 7) is 0. The lowest BCUT2D eigenvalue weighted by molar-refractivity contribution is 0.409. The second kappa shape index (κ2) is 3.86. The van der Waals surface area contributed by atoms with Gasteiger partial charge in [-0.25, -0.2) is 8.42 Å². The van der Waals surface area contributed by atoms with Crippen LogP contribution in [-0.2, 0) is 10.0 Å². The molecule has 1 aromatic heterocycles. The standard InChI is InChI=1S/C9H8N2O4S/c12-8-6-15-10-9(8)11-16(13,14)7-4-2-1-3-5-7/h1-6,12H,(H,10,11). The van der Waals surface area contributed by atoms with Crippen LogP contribution in [0.25, 0.3) is 0 Å². The lowest BCUT2D eigenvalue weighted by Gasteiger charge is -2.04. The van der Waals surface area contributed by atoms with Crippen LogP contribution in [0.3, 0.4) is 0 Å². The van der Waals surface area contributed by atoms with Crippen LogP contribution in [0, 0.1) is 0 Å². The average Bonchev–Trinajstić information content (AvgIpc) is 2.65. The maximum absolute atomic E-state index is 11.7. The zero-order valence-corrected chi connectivity index (χ0v) is 8.81. The van der Waals surface area contributed by atoms with Crippen molar-refractivity contribution in [1.29, 1.82) is 0 Å². The Hall–Kier alpha value is -2.02. The van der Waals surface area contributed by atoms with Crippen LogP contribution < -0.4 is 4.72 Å². The molecule has 16 heavy (non-hydrogen) atoms. The molecule has 84 valence electrons. The van der Waals surface area contributed by atoms with Crippen molar-refractivity contribution in [3.63, 3.8) is 0 Å². The summed E-state index contributed by atoms with van der Waals surface area (Å²) in [6.07, 6.45) is 0.933. The third kappa shape index (κ3) is 1.98. The van der Waals surface area contributed by atoms with Gasteiger partial charge < -0.3 is 9.63 Å². The SMILES string of the molecule is O=S(=O)(Nc1nocc1O)c1ccccc1. The van der Waals surface area contributed by atoms with Gasteiger partial charge in [-0.15, -0.1) is 0 Å². The topological polar surface area (TPSA) is 92.4 Å². The highest BCUT2D eigenvalue weighted by Crippen LogP contribution is 2.23. The minimum Gasteiger partial charge on any atom is -0.502 e. The molecule has 0 bridgehead atoms.